The molecule has 0 saturated carbocycles. The second kappa shape index (κ2) is 7.21. The van der Waals surface area contributed by atoms with E-state index < -0.39 is 0 Å². The molecule has 1 aliphatic heterocycles. The van der Waals surface area contributed by atoms with Crippen LogP contribution in [0.1, 0.15) is 34.9 Å². The van der Waals surface area contributed by atoms with Crippen molar-refractivity contribution in [1.29, 1.82) is 0 Å². The highest BCUT2D eigenvalue weighted by Crippen LogP contribution is 2.33. The molecule has 2 aliphatic rings. The summed E-state index contributed by atoms with van der Waals surface area (Å²) in [5.41, 5.74) is 2.86. The molecule has 0 unspecified atom stereocenters. The van der Waals surface area contributed by atoms with Crippen molar-refractivity contribution in [1.82, 2.24) is 15.2 Å². The van der Waals surface area contributed by atoms with Crippen molar-refractivity contribution in [3.05, 3.63) is 45.8 Å². The Morgan fingerprint density at radius 2 is 2.12 bits per heavy atom. The van der Waals surface area contributed by atoms with Crippen LogP contribution in [-0.4, -0.2) is 43.1 Å². The van der Waals surface area contributed by atoms with Gasteiger partial charge in [-0.3, -0.25) is 0 Å². The van der Waals surface area contributed by atoms with Gasteiger partial charge in [0.15, 0.2) is 0 Å². The minimum Gasteiger partial charge on any atom is -0.354 e. The van der Waals surface area contributed by atoms with Crippen molar-refractivity contribution in [2.75, 3.05) is 38.1 Å². The summed E-state index contributed by atoms with van der Waals surface area (Å²) >= 11 is 1.91. The second-order valence-electron chi connectivity index (χ2n) is 6.94. The number of hydrogen-bond acceptors (Lipinski definition) is 5. The van der Waals surface area contributed by atoms with E-state index in [1.165, 1.54) is 30.4 Å². The lowest BCUT2D eigenvalue weighted by atomic mass is 9.94. The first-order valence-electron chi connectivity index (χ1n) is 8.97. The van der Waals surface area contributed by atoms with Gasteiger partial charge in [0.2, 0.25) is 0 Å². The van der Waals surface area contributed by atoms with Crippen LogP contribution in [-0.2, 0) is 13.0 Å². The molecule has 0 spiro atoms. The summed E-state index contributed by atoms with van der Waals surface area (Å²) in [5.74, 6) is 1.13. The third-order valence-corrected chi connectivity index (χ3v) is 6.24. The Hall–Kier alpha value is -1.43. The number of likely N-dealkylation sites (N-methyl/N-ethyl adjacent to an activating group) is 1. The summed E-state index contributed by atoms with van der Waals surface area (Å²) in [4.78, 5) is 10.9. The van der Waals surface area contributed by atoms with Crippen LogP contribution in [0.5, 0.6) is 0 Å². The molecule has 0 bridgehead atoms. The van der Waals surface area contributed by atoms with E-state index in [9.17, 15) is 0 Å². The summed E-state index contributed by atoms with van der Waals surface area (Å²) in [6.45, 7) is 5.30. The van der Waals surface area contributed by atoms with E-state index in [2.05, 4.69) is 50.7 Å². The molecule has 1 aliphatic carbocycles. The highest BCUT2D eigenvalue weighted by molar-refractivity contribution is 7.10. The third kappa shape index (κ3) is 3.48. The zero-order valence-electron chi connectivity index (χ0n) is 14.4. The Morgan fingerprint density at radius 3 is 3.00 bits per heavy atom. The average molecular weight is 343 g/mol. The average Bonchev–Trinajstić information content (AvgIpc) is 3.10. The minimum atomic E-state index is 0.514. The molecule has 1 saturated heterocycles. The van der Waals surface area contributed by atoms with Crippen LogP contribution >= 0.6 is 11.3 Å². The fourth-order valence-corrected chi connectivity index (χ4v) is 4.71. The van der Waals surface area contributed by atoms with Gasteiger partial charge in [0.05, 0.1) is 0 Å². The van der Waals surface area contributed by atoms with Crippen LogP contribution in [0.4, 0.5) is 5.82 Å². The number of aromatic nitrogens is 1. The van der Waals surface area contributed by atoms with E-state index in [-0.39, 0.29) is 0 Å². The number of rotatable bonds is 4. The van der Waals surface area contributed by atoms with E-state index in [1.54, 1.807) is 4.88 Å². The number of piperazine rings is 1. The fourth-order valence-electron chi connectivity index (χ4n) is 3.72. The Labute approximate surface area is 148 Å². The van der Waals surface area contributed by atoms with E-state index in [0.717, 1.165) is 38.5 Å². The Kier molecular flexibility index (Phi) is 4.83. The van der Waals surface area contributed by atoms with Gasteiger partial charge in [-0.15, -0.1) is 11.3 Å². The summed E-state index contributed by atoms with van der Waals surface area (Å²) in [7, 11) is 2.19. The predicted octanol–water partition coefficient (Wildman–Crippen LogP) is 3.06. The number of nitrogens with zero attached hydrogens (tertiary/aromatic N) is 3. The van der Waals surface area contributed by atoms with Gasteiger partial charge in [0, 0.05) is 49.8 Å². The Bertz CT molecular complexity index is 676. The normalized spacial score (nSPS) is 21.7. The summed E-state index contributed by atoms with van der Waals surface area (Å²) < 4.78 is 0. The molecule has 2 aromatic heterocycles. The molecule has 3 heterocycles. The molecule has 24 heavy (non-hydrogen) atoms. The van der Waals surface area contributed by atoms with Crippen molar-refractivity contribution in [2.24, 2.45) is 0 Å². The maximum absolute atomic E-state index is 4.59. The standard InChI is InChI=1S/C19H26N4S/c1-22-8-10-23(11-9-22)19-13-15(5-7-20-19)14-21-17-3-2-4-18-16(17)6-12-24-18/h5-7,12-13,17,21H,2-4,8-11,14H2,1H3/t17-/m0/s1. The lowest BCUT2D eigenvalue weighted by Gasteiger charge is -2.33. The minimum absolute atomic E-state index is 0.514. The van der Waals surface area contributed by atoms with Gasteiger partial charge in [-0.25, -0.2) is 4.98 Å². The molecule has 1 fully saturated rings. The summed E-state index contributed by atoms with van der Waals surface area (Å²) in [6, 6.07) is 7.22. The lowest BCUT2D eigenvalue weighted by Crippen LogP contribution is -2.44. The van der Waals surface area contributed by atoms with Crippen molar-refractivity contribution in [2.45, 2.75) is 31.8 Å². The maximum Gasteiger partial charge on any atom is 0.128 e. The van der Waals surface area contributed by atoms with Crippen LogP contribution in [0.15, 0.2) is 29.8 Å². The van der Waals surface area contributed by atoms with Crippen molar-refractivity contribution in [3.63, 3.8) is 0 Å². The molecular formula is C19H26N4S. The van der Waals surface area contributed by atoms with Crippen molar-refractivity contribution >= 4 is 17.2 Å². The molecule has 0 radical (unpaired) electrons. The topological polar surface area (TPSA) is 31.4 Å². The first-order chi connectivity index (χ1) is 11.8. The quantitative estimate of drug-likeness (QED) is 0.925. The van der Waals surface area contributed by atoms with Gasteiger partial charge < -0.3 is 15.1 Å². The maximum atomic E-state index is 4.59. The van der Waals surface area contributed by atoms with E-state index in [1.807, 2.05) is 17.5 Å². The predicted molar refractivity (Wildman–Crippen MR) is 101 cm³/mol. The van der Waals surface area contributed by atoms with Crippen LogP contribution in [0, 0.1) is 0 Å². The number of hydrogen-bond donors (Lipinski definition) is 1. The van der Waals surface area contributed by atoms with E-state index >= 15 is 0 Å². The number of anilines is 1. The van der Waals surface area contributed by atoms with Gasteiger partial charge in [-0.2, -0.15) is 0 Å². The molecule has 4 nitrogen and oxygen atoms in total. The molecule has 2 aromatic rings. The van der Waals surface area contributed by atoms with Gasteiger partial charge in [0.1, 0.15) is 5.82 Å². The molecule has 0 amide bonds. The van der Waals surface area contributed by atoms with Gasteiger partial charge in [-0.1, -0.05) is 0 Å². The molecule has 4 rings (SSSR count). The van der Waals surface area contributed by atoms with Crippen LogP contribution in [0.25, 0.3) is 0 Å². The highest BCUT2D eigenvalue weighted by Gasteiger charge is 2.21. The molecule has 128 valence electrons. The summed E-state index contributed by atoms with van der Waals surface area (Å²) in [5, 5.41) is 6.01. The number of thiophene rings is 1. The number of pyridine rings is 1. The zero-order chi connectivity index (χ0) is 16.4. The van der Waals surface area contributed by atoms with Crippen LogP contribution in [0.3, 0.4) is 0 Å². The molecule has 1 N–H and O–H groups in total. The van der Waals surface area contributed by atoms with Crippen molar-refractivity contribution < 1.29 is 0 Å². The first kappa shape index (κ1) is 16.1. The number of fused-ring (bicyclic) bond motifs is 1. The second-order valence-corrected chi connectivity index (χ2v) is 7.94. The van der Waals surface area contributed by atoms with Gasteiger partial charge >= 0.3 is 0 Å². The largest absolute Gasteiger partial charge is 0.354 e. The molecule has 1 atom stereocenters. The Morgan fingerprint density at radius 1 is 1.25 bits per heavy atom. The van der Waals surface area contributed by atoms with Crippen LogP contribution in [0.2, 0.25) is 0 Å². The monoisotopic (exact) mass is 342 g/mol. The smallest absolute Gasteiger partial charge is 0.128 e. The van der Waals surface area contributed by atoms with Gasteiger partial charge in [0.25, 0.3) is 0 Å². The van der Waals surface area contributed by atoms with E-state index in [4.69, 9.17) is 0 Å². The van der Waals surface area contributed by atoms with Crippen LogP contribution < -0.4 is 10.2 Å². The van der Waals surface area contributed by atoms with Crippen molar-refractivity contribution in [3.8, 4) is 0 Å². The summed E-state index contributed by atoms with van der Waals surface area (Å²) in [6.07, 6.45) is 5.77. The lowest BCUT2D eigenvalue weighted by molar-refractivity contribution is 0.312. The third-order valence-electron chi connectivity index (χ3n) is 5.24. The van der Waals surface area contributed by atoms with Gasteiger partial charge in [-0.05, 0) is 61.0 Å². The highest BCUT2D eigenvalue weighted by atomic mass is 32.1. The molecular weight excluding hydrogens is 316 g/mol. The number of aryl methyl sites for hydroxylation is 1. The van der Waals surface area contributed by atoms with E-state index in [0.29, 0.717) is 6.04 Å². The SMILES string of the molecule is CN1CCN(c2cc(CN[C@H]3CCCc4sccc43)ccn2)CC1. The Balaban J connectivity index is 1.40. The fraction of sp³-hybridized carbons (Fsp3) is 0.526. The first-order valence-corrected chi connectivity index (χ1v) is 9.85. The zero-order valence-corrected chi connectivity index (χ0v) is 15.2. The molecule has 0 aromatic carbocycles. The number of nitrogens with one attached hydrogen (secondary N) is 1. The molecule has 5 heteroatoms.